The molecule has 4 aromatic heterocycles. The topological polar surface area (TPSA) is 210 Å². The Morgan fingerprint density at radius 2 is 0.643 bits per heavy atom. The van der Waals surface area contributed by atoms with Gasteiger partial charge in [0.2, 0.25) is 5.91 Å². The maximum atomic E-state index is 11.5. The number of hydrogen-bond donors (Lipinski definition) is 2. The van der Waals surface area contributed by atoms with Crippen molar-refractivity contribution in [2.75, 3.05) is 7.05 Å². The van der Waals surface area contributed by atoms with E-state index in [-0.39, 0.29) is 17.5 Å². The molecule has 14 nitrogen and oxygen atoms in total. The van der Waals surface area contributed by atoms with Gasteiger partial charge in [-0.15, -0.1) is 0 Å². The fourth-order valence-corrected chi connectivity index (χ4v) is 8.60. The average molecular weight is 1180 g/mol. The van der Waals surface area contributed by atoms with Crippen LogP contribution in [-0.4, -0.2) is 51.1 Å². The zero-order valence-corrected chi connectivity index (χ0v) is 48.0. The molecule has 0 bridgehead atoms. The van der Waals surface area contributed by atoms with Gasteiger partial charge in [-0.3, -0.25) is 19.2 Å². The third-order valence-electron chi connectivity index (χ3n) is 13.2. The zero-order chi connectivity index (χ0) is 59.1. The highest BCUT2D eigenvalue weighted by Crippen LogP contribution is 2.31. The minimum atomic E-state index is -0.443. The highest BCUT2D eigenvalue weighted by Gasteiger charge is 2.14. The Kier molecular flexibility index (Phi) is 18.8. The molecule has 4 heterocycles. The van der Waals surface area contributed by atoms with Crippen molar-refractivity contribution in [2.24, 2.45) is 5.73 Å². The van der Waals surface area contributed by atoms with Crippen LogP contribution in [0.4, 0.5) is 0 Å². The van der Waals surface area contributed by atoms with Gasteiger partial charge in [-0.1, -0.05) is 211 Å². The van der Waals surface area contributed by atoms with Gasteiger partial charge in [0.25, 0.3) is 5.91 Å². The number of rotatable bonds is 12. The SMILES string of the molecule is CC(=O)c1ccc(-c2cc(-c3ccc(Br)cc3)on2)cc1.CC(=O)c1ccc(-c2cc(-c3ccc(C)cc3)on2)cc1.CNC(=O)c1ccc(-c2cc(-c3ccc(C)cc3)on2)cc1.NC(=O)c1ccc(-c2cc(-c3ccccc3)on2)cc1. The fourth-order valence-electron chi connectivity index (χ4n) is 8.33. The molecule has 0 aliphatic carbocycles. The van der Waals surface area contributed by atoms with Gasteiger partial charge in [0.05, 0.1) is 0 Å². The van der Waals surface area contributed by atoms with Crippen LogP contribution >= 0.6 is 15.9 Å². The Morgan fingerprint density at radius 1 is 0.369 bits per heavy atom. The maximum Gasteiger partial charge on any atom is 0.251 e. The van der Waals surface area contributed by atoms with Crippen molar-refractivity contribution in [1.29, 1.82) is 0 Å². The second-order valence-corrected chi connectivity index (χ2v) is 20.2. The van der Waals surface area contributed by atoms with Crippen LogP contribution in [0, 0.1) is 13.8 Å². The van der Waals surface area contributed by atoms with E-state index < -0.39 is 5.91 Å². The van der Waals surface area contributed by atoms with Gasteiger partial charge < -0.3 is 29.1 Å². The van der Waals surface area contributed by atoms with Gasteiger partial charge >= 0.3 is 0 Å². The van der Waals surface area contributed by atoms with Gasteiger partial charge in [-0.2, -0.15) is 0 Å². The molecule has 0 saturated carbocycles. The van der Waals surface area contributed by atoms with Crippen molar-refractivity contribution in [3.63, 3.8) is 0 Å². The Labute approximate surface area is 493 Å². The first-order valence-corrected chi connectivity index (χ1v) is 27.2. The average Bonchev–Trinajstić information content (AvgIpc) is 4.54. The molecular formula is C69H55BrN6O8. The molecular weight excluding hydrogens is 1120 g/mol. The summed E-state index contributed by atoms with van der Waals surface area (Å²) in [7, 11) is 1.61. The summed E-state index contributed by atoms with van der Waals surface area (Å²) in [6.07, 6.45) is 0. The third-order valence-corrected chi connectivity index (χ3v) is 13.7. The van der Waals surface area contributed by atoms with Crippen molar-refractivity contribution in [1.82, 2.24) is 25.9 Å². The first-order valence-electron chi connectivity index (χ1n) is 26.5. The number of nitrogens with two attached hydrogens (primary N) is 1. The summed E-state index contributed by atoms with van der Waals surface area (Å²) >= 11 is 3.40. The molecule has 8 aromatic carbocycles. The molecule has 3 N–H and O–H groups in total. The summed E-state index contributed by atoms with van der Waals surface area (Å²) < 4.78 is 22.6. The van der Waals surface area contributed by atoms with E-state index in [4.69, 9.17) is 23.8 Å². The lowest BCUT2D eigenvalue weighted by Crippen LogP contribution is -2.17. The lowest BCUT2D eigenvalue weighted by atomic mass is 10.1. The quantitative estimate of drug-likeness (QED) is 0.109. The van der Waals surface area contributed by atoms with Crippen molar-refractivity contribution in [2.45, 2.75) is 27.7 Å². The van der Waals surface area contributed by atoms with Crippen LogP contribution in [0.3, 0.4) is 0 Å². The second-order valence-electron chi connectivity index (χ2n) is 19.3. The summed E-state index contributed by atoms with van der Waals surface area (Å²) in [5, 5.41) is 18.9. The van der Waals surface area contributed by atoms with Crippen LogP contribution in [0.1, 0.15) is 66.4 Å². The number of aryl methyl sites for hydroxylation is 2. The normalized spacial score (nSPS) is 10.5. The summed E-state index contributed by atoms with van der Waals surface area (Å²) in [6.45, 7) is 7.20. The number of amides is 2. The summed E-state index contributed by atoms with van der Waals surface area (Å²) in [5.41, 5.74) is 20.7. The Morgan fingerprint density at radius 3 is 0.940 bits per heavy atom. The number of benzene rings is 8. The number of halogens is 1. The standard InChI is InChI=1S/C18H16N2O2.C18H15NO2.C17H12BrNO2.C16H12N2O2/c1-12-3-5-14(6-4-12)17-11-16(20-22-17)13-7-9-15(10-8-13)18(21)19-2;1-12-3-5-16(6-4-12)18-11-17(19-21-18)15-9-7-14(8-10-15)13(2)20;1-11(20)12-2-4-13(5-3-12)16-10-17(21-19-16)14-6-8-15(18)9-7-14;17-16(19)13-8-6-11(7-9-13)14-10-15(20-18-14)12-4-2-1-3-5-12/h3-11H,1-2H3,(H,19,21);3-11H,1-2H3;2-10H,1H3;1-10H,(H2,17,19). The van der Waals surface area contributed by atoms with Crippen molar-refractivity contribution in [3.8, 4) is 90.3 Å². The number of Topliss-reactive ketones (excluding diaryl/α,β-unsaturated/α-hetero) is 2. The number of nitrogens with one attached hydrogen (secondary N) is 1. The first kappa shape index (κ1) is 58.0. The van der Waals surface area contributed by atoms with Gasteiger partial charge in [0.15, 0.2) is 34.6 Å². The largest absolute Gasteiger partial charge is 0.366 e. The minimum absolute atomic E-state index is 0.0530. The first-order chi connectivity index (χ1) is 40.7. The maximum absolute atomic E-state index is 11.5. The van der Waals surface area contributed by atoms with E-state index in [0.717, 1.165) is 83.3 Å². The summed E-state index contributed by atoms with van der Waals surface area (Å²) in [5.74, 6) is 2.45. The van der Waals surface area contributed by atoms with Crippen LogP contribution in [0.25, 0.3) is 90.3 Å². The molecule has 0 saturated heterocycles. The smallest absolute Gasteiger partial charge is 0.251 e. The lowest BCUT2D eigenvalue weighted by Gasteiger charge is -2.00. The van der Waals surface area contributed by atoms with Crippen LogP contribution in [-0.2, 0) is 0 Å². The number of carbonyl (C=O) groups is 4. The summed E-state index contributed by atoms with van der Waals surface area (Å²) in [4.78, 5) is 45.1. The molecule has 12 aromatic rings. The van der Waals surface area contributed by atoms with E-state index in [9.17, 15) is 19.2 Å². The Balaban J connectivity index is 0.000000134. The Bertz CT molecular complexity index is 4010. The molecule has 416 valence electrons. The molecule has 0 unspecified atom stereocenters. The van der Waals surface area contributed by atoms with E-state index >= 15 is 0 Å². The molecule has 0 aliphatic rings. The number of aromatic nitrogens is 4. The highest BCUT2D eigenvalue weighted by molar-refractivity contribution is 9.10. The van der Waals surface area contributed by atoms with Crippen LogP contribution in [0.15, 0.2) is 247 Å². The van der Waals surface area contributed by atoms with E-state index in [1.54, 1.807) is 81.6 Å². The van der Waals surface area contributed by atoms with E-state index in [2.05, 4.69) is 41.9 Å². The number of nitrogens with zero attached hydrogens (tertiary/aromatic N) is 4. The monoisotopic (exact) mass is 1170 g/mol. The van der Waals surface area contributed by atoms with E-state index in [1.165, 1.54) is 11.1 Å². The molecule has 0 atom stereocenters. The van der Waals surface area contributed by atoms with Gasteiger partial charge in [-0.25, -0.2) is 0 Å². The van der Waals surface area contributed by atoms with Crippen LogP contribution in [0.2, 0.25) is 0 Å². The third kappa shape index (κ3) is 15.0. The molecule has 0 spiro atoms. The predicted octanol–water partition coefficient (Wildman–Crippen LogP) is 16.3. The highest BCUT2D eigenvalue weighted by atomic mass is 79.9. The van der Waals surface area contributed by atoms with Crippen LogP contribution < -0.4 is 11.1 Å². The van der Waals surface area contributed by atoms with Crippen LogP contribution in [0.5, 0.6) is 0 Å². The van der Waals surface area contributed by atoms with Gasteiger partial charge in [-0.05, 0) is 64.1 Å². The molecule has 2 amide bonds. The molecule has 12 rings (SSSR count). The lowest BCUT2D eigenvalue weighted by molar-refractivity contribution is 0.0960. The molecule has 0 fully saturated rings. The minimum Gasteiger partial charge on any atom is -0.366 e. The number of primary amides is 1. The van der Waals surface area contributed by atoms with Crippen molar-refractivity contribution >= 4 is 39.3 Å². The van der Waals surface area contributed by atoms with Gasteiger partial charge in [0, 0.05) is 103 Å². The second kappa shape index (κ2) is 27.2. The summed E-state index contributed by atoms with van der Waals surface area (Å²) in [6, 6.07) is 70.3. The number of carbonyl (C=O) groups excluding carboxylic acids is 4. The molecule has 0 radical (unpaired) electrons. The van der Waals surface area contributed by atoms with E-state index in [0.29, 0.717) is 33.8 Å². The van der Waals surface area contributed by atoms with Gasteiger partial charge in [0.1, 0.15) is 22.8 Å². The zero-order valence-electron chi connectivity index (χ0n) is 46.4. The van der Waals surface area contributed by atoms with E-state index in [1.807, 2.05) is 178 Å². The molecule has 84 heavy (non-hydrogen) atoms. The van der Waals surface area contributed by atoms with Crippen molar-refractivity contribution < 1.29 is 37.3 Å². The number of hydrogen-bond acceptors (Lipinski definition) is 12. The molecule has 0 aliphatic heterocycles. The molecule has 15 heteroatoms. The Hall–Kier alpha value is -10.6. The fraction of sp³-hybridized carbons (Fsp3) is 0.0725. The number of ketones is 2. The predicted molar refractivity (Wildman–Crippen MR) is 329 cm³/mol. The van der Waals surface area contributed by atoms with Crippen molar-refractivity contribution in [3.05, 3.63) is 262 Å².